The smallest absolute Gasteiger partial charge is 0.335 e. The molecule has 0 amide bonds. The Balaban J connectivity index is 2.36. The van der Waals surface area contributed by atoms with Crippen molar-refractivity contribution < 1.29 is 22.7 Å². The van der Waals surface area contributed by atoms with E-state index in [9.17, 15) is 13.2 Å². The number of benzene rings is 1. The van der Waals surface area contributed by atoms with Gasteiger partial charge in [0.2, 0.25) is 10.0 Å². The molecule has 0 aliphatic rings. The summed E-state index contributed by atoms with van der Waals surface area (Å²) < 4.78 is 32.4. The Labute approximate surface area is 122 Å². The number of aromatic carboxylic acids is 1. The van der Waals surface area contributed by atoms with Crippen LogP contribution in [0.5, 0.6) is 0 Å². The van der Waals surface area contributed by atoms with Crippen LogP contribution in [0, 0.1) is 6.92 Å². The second-order valence-electron chi connectivity index (χ2n) is 4.59. The fraction of sp³-hybridized carbons (Fsp3) is 0.214. The van der Waals surface area contributed by atoms with E-state index in [1.807, 2.05) is 0 Å². The SMILES string of the molecule is Cc1c(C(=O)O)cccc1S(=O)(=O)N[C@H](C)c1ccco1. The van der Waals surface area contributed by atoms with Gasteiger partial charge in [0.1, 0.15) is 5.76 Å². The molecule has 1 aromatic heterocycles. The van der Waals surface area contributed by atoms with Gasteiger partial charge in [0.25, 0.3) is 0 Å². The van der Waals surface area contributed by atoms with E-state index < -0.39 is 22.0 Å². The molecule has 0 unspecified atom stereocenters. The van der Waals surface area contributed by atoms with E-state index in [0.717, 1.165) is 0 Å². The standard InChI is InChI=1S/C14H15NO5S/c1-9-11(14(16)17)5-3-7-13(9)21(18,19)15-10(2)12-6-4-8-20-12/h3-8,10,15H,1-2H3,(H,16,17)/t10-/m1/s1. The van der Waals surface area contributed by atoms with E-state index in [1.165, 1.54) is 31.4 Å². The number of sulfonamides is 1. The fourth-order valence-corrected chi connectivity index (χ4v) is 3.51. The minimum Gasteiger partial charge on any atom is -0.478 e. The minimum atomic E-state index is -3.85. The average molecular weight is 309 g/mol. The van der Waals surface area contributed by atoms with E-state index in [2.05, 4.69) is 4.72 Å². The maximum atomic E-state index is 12.4. The predicted molar refractivity (Wildman–Crippen MR) is 75.6 cm³/mol. The topological polar surface area (TPSA) is 96.6 Å². The van der Waals surface area contributed by atoms with Crippen LogP contribution in [0.2, 0.25) is 0 Å². The molecule has 2 rings (SSSR count). The molecule has 0 saturated heterocycles. The molecule has 0 aliphatic heterocycles. The molecule has 0 spiro atoms. The fourth-order valence-electron chi connectivity index (χ4n) is 2.03. The van der Waals surface area contributed by atoms with Gasteiger partial charge < -0.3 is 9.52 Å². The zero-order valence-electron chi connectivity index (χ0n) is 11.5. The number of hydrogen-bond acceptors (Lipinski definition) is 4. The number of nitrogens with one attached hydrogen (secondary N) is 1. The highest BCUT2D eigenvalue weighted by atomic mass is 32.2. The van der Waals surface area contributed by atoms with Crippen LogP contribution in [-0.4, -0.2) is 19.5 Å². The van der Waals surface area contributed by atoms with Crippen LogP contribution < -0.4 is 4.72 Å². The summed E-state index contributed by atoms with van der Waals surface area (Å²) in [6, 6.07) is 6.91. The summed E-state index contributed by atoms with van der Waals surface area (Å²) in [6.45, 7) is 3.11. The van der Waals surface area contributed by atoms with E-state index in [4.69, 9.17) is 9.52 Å². The molecule has 112 valence electrons. The van der Waals surface area contributed by atoms with Crippen molar-refractivity contribution in [1.29, 1.82) is 0 Å². The Kier molecular flexibility index (Phi) is 4.15. The highest BCUT2D eigenvalue weighted by molar-refractivity contribution is 7.89. The summed E-state index contributed by atoms with van der Waals surface area (Å²) in [5, 5.41) is 9.06. The van der Waals surface area contributed by atoms with Gasteiger partial charge in [0.15, 0.2) is 0 Å². The minimum absolute atomic E-state index is 0.0384. The molecule has 1 heterocycles. The number of carboxylic acid groups (broad SMARTS) is 1. The normalized spacial score (nSPS) is 13.0. The predicted octanol–water partition coefficient (Wildman–Crippen LogP) is 2.33. The van der Waals surface area contributed by atoms with Crippen LogP contribution >= 0.6 is 0 Å². The average Bonchev–Trinajstić information content (AvgIpc) is 2.91. The summed E-state index contributed by atoms with van der Waals surface area (Å²) in [7, 11) is -3.85. The zero-order chi connectivity index (χ0) is 15.6. The lowest BCUT2D eigenvalue weighted by molar-refractivity contribution is 0.0696. The van der Waals surface area contributed by atoms with Gasteiger partial charge in [-0.05, 0) is 43.7 Å². The van der Waals surface area contributed by atoms with Gasteiger partial charge in [-0.3, -0.25) is 0 Å². The van der Waals surface area contributed by atoms with Gasteiger partial charge in [0.05, 0.1) is 22.8 Å². The summed E-state index contributed by atoms with van der Waals surface area (Å²) in [5.41, 5.74) is 0.160. The number of furan rings is 1. The first-order valence-electron chi connectivity index (χ1n) is 6.21. The van der Waals surface area contributed by atoms with E-state index in [1.54, 1.807) is 19.1 Å². The summed E-state index contributed by atoms with van der Waals surface area (Å²) in [6.07, 6.45) is 1.45. The van der Waals surface area contributed by atoms with E-state index >= 15 is 0 Å². The third-order valence-corrected chi connectivity index (χ3v) is 4.79. The number of hydrogen-bond donors (Lipinski definition) is 2. The molecule has 0 saturated carbocycles. The third-order valence-electron chi connectivity index (χ3n) is 3.11. The van der Waals surface area contributed by atoms with Crippen LogP contribution in [0.1, 0.15) is 34.6 Å². The van der Waals surface area contributed by atoms with Gasteiger partial charge in [-0.1, -0.05) is 6.07 Å². The van der Waals surface area contributed by atoms with Gasteiger partial charge in [-0.15, -0.1) is 0 Å². The van der Waals surface area contributed by atoms with Crippen LogP contribution in [0.15, 0.2) is 45.9 Å². The first-order valence-corrected chi connectivity index (χ1v) is 7.70. The first-order chi connectivity index (χ1) is 9.83. The molecule has 2 aromatic rings. The van der Waals surface area contributed by atoms with Crippen molar-refractivity contribution in [3.05, 3.63) is 53.5 Å². The molecule has 21 heavy (non-hydrogen) atoms. The van der Waals surface area contributed by atoms with Crippen LogP contribution in [0.4, 0.5) is 0 Å². The van der Waals surface area contributed by atoms with E-state index in [-0.39, 0.29) is 16.0 Å². The van der Waals surface area contributed by atoms with Crippen LogP contribution in [0.3, 0.4) is 0 Å². The second kappa shape index (κ2) is 5.71. The zero-order valence-corrected chi connectivity index (χ0v) is 12.3. The summed E-state index contributed by atoms with van der Waals surface area (Å²) >= 11 is 0. The molecule has 0 radical (unpaired) electrons. The van der Waals surface area contributed by atoms with Crippen LogP contribution in [0.25, 0.3) is 0 Å². The van der Waals surface area contributed by atoms with Crippen molar-refractivity contribution in [2.45, 2.75) is 24.8 Å². The molecule has 0 aliphatic carbocycles. The van der Waals surface area contributed by atoms with Gasteiger partial charge in [-0.25, -0.2) is 17.9 Å². The lowest BCUT2D eigenvalue weighted by atomic mass is 10.1. The maximum Gasteiger partial charge on any atom is 0.335 e. The van der Waals surface area contributed by atoms with Crippen molar-refractivity contribution in [3.8, 4) is 0 Å². The second-order valence-corrected chi connectivity index (χ2v) is 6.27. The van der Waals surface area contributed by atoms with E-state index in [0.29, 0.717) is 5.76 Å². The Bertz CT molecular complexity index is 750. The number of carbonyl (C=O) groups is 1. The molecule has 6 nitrogen and oxygen atoms in total. The Morgan fingerprint density at radius 2 is 2.00 bits per heavy atom. The van der Waals surface area contributed by atoms with Crippen molar-refractivity contribution in [3.63, 3.8) is 0 Å². The molecule has 0 bridgehead atoms. The quantitative estimate of drug-likeness (QED) is 0.883. The molecular weight excluding hydrogens is 294 g/mol. The van der Waals surface area contributed by atoms with Crippen molar-refractivity contribution in [2.24, 2.45) is 0 Å². The summed E-state index contributed by atoms with van der Waals surface area (Å²) in [5.74, 6) is -0.686. The lowest BCUT2D eigenvalue weighted by Gasteiger charge is -2.14. The molecule has 0 fully saturated rings. The maximum absolute atomic E-state index is 12.4. The third kappa shape index (κ3) is 3.14. The molecular formula is C14H15NO5S. The Morgan fingerprint density at radius 3 is 2.57 bits per heavy atom. The molecule has 7 heteroatoms. The molecule has 1 aromatic carbocycles. The lowest BCUT2D eigenvalue weighted by Crippen LogP contribution is -2.27. The Morgan fingerprint density at radius 1 is 1.29 bits per heavy atom. The Hall–Kier alpha value is -2.12. The summed E-state index contributed by atoms with van der Waals surface area (Å²) in [4.78, 5) is 11.0. The molecule has 2 N–H and O–H groups in total. The van der Waals surface area contributed by atoms with Crippen LogP contribution in [-0.2, 0) is 10.0 Å². The van der Waals surface area contributed by atoms with Gasteiger partial charge in [-0.2, -0.15) is 0 Å². The molecule has 1 atom stereocenters. The van der Waals surface area contributed by atoms with Crippen molar-refractivity contribution >= 4 is 16.0 Å². The highest BCUT2D eigenvalue weighted by Gasteiger charge is 2.23. The monoisotopic (exact) mass is 309 g/mol. The van der Waals surface area contributed by atoms with Gasteiger partial charge in [0, 0.05) is 0 Å². The largest absolute Gasteiger partial charge is 0.478 e. The number of rotatable bonds is 5. The number of carboxylic acids is 1. The highest BCUT2D eigenvalue weighted by Crippen LogP contribution is 2.22. The van der Waals surface area contributed by atoms with Gasteiger partial charge >= 0.3 is 5.97 Å². The van der Waals surface area contributed by atoms with Crippen molar-refractivity contribution in [1.82, 2.24) is 4.72 Å². The first kappa shape index (κ1) is 15.3. The van der Waals surface area contributed by atoms with Crippen molar-refractivity contribution in [2.75, 3.05) is 0 Å².